The summed E-state index contributed by atoms with van der Waals surface area (Å²) in [5.41, 5.74) is 0.607. The maximum absolute atomic E-state index is 11.4. The number of nitrogens with one attached hydrogen (secondary N) is 2. The van der Waals surface area contributed by atoms with Crippen molar-refractivity contribution in [3.63, 3.8) is 0 Å². The lowest BCUT2D eigenvalue weighted by Gasteiger charge is -2.03. The van der Waals surface area contributed by atoms with Gasteiger partial charge in [-0.15, -0.1) is 0 Å². The molecule has 1 aliphatic rings. The van der Waals surface area contributed by atoms with Crippen molar-refractivity contribution in [2.75, 3.05) is 6.54 Å². The largest absolute Gasteiger partial charge is 0.475 e. The molecule has 0 bridgehead atoms. The molecule has 0 aliphatic heterocycles. The highest BCUT2D eigenvalue weighted by molar-refractivity contribution is 5.86. The van der Waals surface area contributed by atoms with E-state index in [1.54, 1.807) is 13.0 Å². The zero-order chi connectivity index (χ0) is 13.8. The topological polar surface area (TPSA) is 91.6 Å². The van der Waals surface area contributed by atoms with E-state index >= 15 is 0 Å². The standard InChI is InChI=1S/C13H18N2O4/c1-8-6-10(19-12(8)13(17)18)7-14-5-4-11(16)15-9-2-3-9/h6,9,14H,2-5,7H2,1H3,(H,15,16)(H,17,18). The number of amides is 1. The number of carbonyl (C=O) groups excluding carboxylic acids is 1. The van der Waals surface area contributed by atoms with E-state index < -0.39 is 5.97 Å². The molecule has 1 aliphatic carbocycles. The molecule has 2 rings (SSSR count). The Morgan fingerprint density at radius 1 is 1.47 bits per heavy atom. The van der Waals surface area contributed by atoms with Crippen molar-refractivity contribution in [2.45, 2.75) is 38.8 Å². The number of aromatic carboxylic acids is 1. The SMILES string of the molecule is Cc1cc(CNCCC(=O)NC2CC2)oc1C(=O)O. The van der Waals surface area contributed by atoms with Gasteiger partial charge in [0, 0.05) is 24.6 Å². The van der Waals surface area contributed by atoms with Crippen molar-refractivity contribution in [3.05, 3.63) is 23.2 Å². The number of furan rings is 1. The van der Waals surface area contributed by atoms with Crippen LogP contribution in [0.4, 0.5) is 0 Å². The van der Waals surface area contributed by atoms with Gasteiger partial charge in [0.15, 0.2) is 0 Å². The summed E-state index contributed by atoms with van der Waals surface area (Å²) in [6.07, 6.45) is 2.59. The highest BCUT2D eigenvalue weighted by atomic mass is 16.4. The summed E-state index contributed by atoms with van der Waals surface area (Å²) in [5, 5.41) is 14.8. The zero-order valence-corrected chi connectivity index (χ0v) is 10.9. The van der Waals surface area contributed by atoms with E-state index in [2.05, 4.69) is 10.6 Å². The van der Waals surface area contributed by atoms with E-state index in [1.165, 1.54) is 0 Å². The summed E-state index contributed by atoms with van der Waals surface area (Å²) in [7, 11) is 0. The van der Waals surface area contributed by atoms with Crippen LogP contribution in [0.5, 0.6) is 0 Å². The van der Waals surface area contributed by atoms with Crippen molar-refractivity contribution in [1.29, 1.82) is 0 Å². The number of aryl methyl sites for hydroxylation is 1. The third kappa shape index (κ3) is 4.10. The van der Waals surface area contributed by atoms with Crippen LogP contribution in [0.25, 0.3) is 0 Å². The van der Waals surface area contributed by atoms with Crippen molar-refractivity contribution in [1.82, 2.24) is 10.6 Å². The van der Waals surface area contributed by atoms with Crippen molar-refractivity contribution in [3.8, 4) is 0 Å². The number of rotatable bonds is 7. The minimum Gasteiger partial charge on any atom is -0.475 e. The monoisotopic (exact) mass is 266 g/mol. The maximum Gasteiger partial charge on any atom is 0.372 e. The van der Waals surface area contributed by atoms with Gasteiger partial charge in [-0.05, 0) is 25.8 Å². The molecule has 6 heteroatoms. The Hall–Kier alpha value is -1.82. The quantitative estimate of drug-likeness (QED) is 0.641. The molecule has 1 aromatic heterocycles. The minimum absolute atomic E-state index is 0.0247. The number of carboxylic acid groups (broad SMARTS) is 1. The molecular formula is C13H18N2O4. The minimum atomic E-state index is -1.06. The molecule has 1 aromatic rings. The van der Waals surface area contributed by atoms with Crippen LogP contribution in [0.1, 0.15) is 41.1 Å². The van der Waals surface area contributed by atoms with Gasteiger partial charge in [0.25, 0.3) is 0 Å². The Balaban J connectivity index is 1.68. The third-order valence-electron chi connectivity index (χ3n) is 2.93. The lowest BCUT2D eigenvalue weighted by molar-refractivity contribution is -0.121. The molecule has 0 saturated heterocycles. The predicted molar refractivity (Wildman–Crippen MR) is 67.9 cm³/mol. The predicted octanol–water partition coefficient (Wildman–Crippen LogP) is 1.04. The molecule has 0 aromatic carbocycles. The Morgan fingerprint density at radius 2 is 2.21 bits per heavy atom. The molecule has 0 atom stereocenters. The summed E-state index contributed by atoms with van der Waals surface area (Å²) in [4.78, 5) is 22.2. The molecule has 19 heavy (non-hydrogen) atoms. The van der Waals surface area contributed by atoms with Gasteiger partial charge in [0.1, 0.15) is 5.76 Å². The number of hydrogen-bond donors (Lipinski definition) is 3. The zero-order valence-electron chi connectivity index (χ0n) is 10.9. The van der Waals surface area contributed by atoms with Crippen molar-refractivity contribution in [2.24, 2.45) is 0 Å². The van der Waals surface area contributed by atoms with Gasteiger partial charge < -0.3 is 20.2 Å². The smallest absolute Gasteiger partial charge is 0.372 e. The summed E-state index contributed by atoms with van der Waals surface area (Å²) in [5.74, 6) is -0.467. The molecule has 1 heterocycles. The summed E-state index contributed by atoms with van der Waals surface area (Å²) in [6.45, 7) is 2.66. The Kier molecular flexibility index (Phi) is 4.21. The van der Waals surface area contributed by atoms with Gasteiger partial charge in [-0.25, -0.2) is 4.79 Å². The molecule has 0 spiro atoms. The molecular weight excluding hydrogens is 248 g/mol. The van der Waals surface area contributed by atoms with E-state index in [4.69, 9.17) is 9.52 Å². The average molecular weight is 266 g/mol. The first kappa shape index (κ1) is 13.6. The lowest BCUT2D eigenvalue weighted by atomic mass is 10.2. The van der Waals surface area contributed by atoms with Crippen LogP contribution in [0, 0.1) is 6.92 Å². The average Bonchev–Trinajstić information content (AvgIpc) is 3.06. The van der Waals surface area contributed by atoms with Crippen LogP contribution in [-0.4, -0.2) is 29.6 Å². The van der Waals surface area contributed by atoms with Gasteiger partial charge in [-0.2, -0.15) is 0 Å². The highest BCUT2D eigenvalue weighted by Gasteiger charge is 2.22. The van der Waals surface area contributed by atoms with Crippen LogP contribution in [-0.2, 0) is 11.3 Å². The van der Waals surface area contributed by atoms with Crippen LogP contribution >= 0.6 is 0 Å². The first-order valence-corrected chi connectivity index (χ1v) is 6.39. The number of carbonyl (C=O) groups is 2. The maximum atomic E-state index is 11.4. The van der Waals surface area contributed by atoms with Crippen LogP contribution < -0.4 is 10.6 Å². The third-order valence-corrected chi connectivity index (χ3v) is 2.93. The van der Waals surface area contributed by atoms with Gasteiger partial charge in [-0.3, -0.25) is 4.79 Å². The Morgan fingerprint density at radius 3 is 2.79 bits per heavy atom. The first-order chi connectivity index (χ1) is 9.06. The van der Waals surface area contributed by atoms with Gasteiger partial charge >= 0.3 is 5.97 Å². The second kappa shape index (κ2) is 5.88. The molecule has 0 unspecified atom stereocenters. The molecule has 1 amide bonds. The summed E-state index contributed by atoms with van der Waals surface area (Å²) in [6, 6.07) is 2.08. The first-order valence-electron chi connectivity index (χ1n) is 6.39. The van der Waals surface area contributed by atoms with E-state index in [0.29, 0.717) is 36.9 Å². The van der Waals surface area contributed by atoms with E-state index in [9.17, 15) is 9.59 Å². The summed E-state index contributed by atoms with van der Waals surface area (Å²) >= 11 is 0. The van der Waals surface area contributed by atoms with Crippen molar-refractivity contribution >= 4 is 11.9 Å². The summed E-state index contributed by atoms with van der Waals surface area (Å²) < 4.78 is 5.19. The number of carboxylic acids is 1. The fourth-order valence-electron chi connectivity index (χ4n) is 1.79. The van der Waals surface area contributed by atoms with E-state index in [-0.39, 0.29) is 11.7 Å². The van der Waals surface area contributed by atoms with Crippen molar-refractivity contribution < 1.29 is 19.1 Å². The molecule has 3 N–H and O–H groups in total. The normalized spacial score (nSPS) is 14.4. The fourth-order valence-corrected chi connectivity index (χ4v) is 1.79. The van der Waals surface area contributed by atoms with Crippen LogP contribution in [0.3, 0.4) is 0 Å². The van der Waals surface area contributed by atoms with E-state index in [1.807, 2.05) is 0 Å². The highest BCUT2D eigenvalue weighted by Crippen LogP contribution is 2.18. The van der Waals surface area contributed by atoms with Crippen LogP contribution in [0.2, 0.25) is 0 Å². The second-order valence-corrected chi connectivity index (χ2v) is 4.80. The lowest BCUT2D eigenvalue weighted by Crippen LogP contribution is -2.28. The molecule has 0 radical (unpaired) electrons. The second-order valence-electron chi connectivity index (χ2n) is 4.80. The number of hydrogen-bond acceptors (Lipinski definition) is 4. The van der Waals surface area contributed by atoms with E-state index in [0.717, 1.165) is 12.8 Å². The fraction of sp³-hybridized carbons (Fsp3) is 0.538. The molecule has 6 nitrogen and oxygen atoms in total. The van der Waals surface area contributed by atoms with Gasteiger partial charge in [0.2, 0.25) is 11.7 Å². The van der Waals surface area contributed by atoms with Gasteiger partial charge in [-0.1, -0.05) is 0 Å². The molecule has 104 valence electrons. The molecule has 1 saturated carbocycles. The molecule has 1 fully saturated rings. The Bertz CT molecular complexity index is 477. The van der Waals surface area contributed by atoms with Crippen LogP contribution in [0.15, 0.2) is 10.5 Å². The van der Waals surface area contributed by atoms with Gasteiger partial charge in [0.05, 0.1) is 6.54 Å². The Labute approximate surface area is 111 Å².